The lowest BCUT2D eigenvalue weighted by Gasteiger charge is -1.99. The lowest BCUT2D eigenvalue weighted by atomic mass is 10.5. The first-order chi connectivity index (χ1) is 4.04. The molecule has 0 fully saturated rings. The van der Waals surface area contributed by atoms with Crippen LogP contribution in [0.25, 0.3) is 0 Å². The van der Waals surface area contributed by atoms with Crippen LogP contribution in [0.4, 0.5) is 0 Å². The number of hydrogen-bond acceptors (Lipinski definition) is 3. The van der Waals surface area contributed by atoms with E-state index in [1.54, 1.807) is 0 Å². The minimum Gasteiger partial charge on any atom is -0.423 e. The smallest absolute Gasteiger partial charge is 0.308 e. The summed E-state index contributed by atoms with van der Waals surface area (Å²) in [7, 11) is 0. The monoisotopic (exact) mass is 128 g/mol. The molecular formula is C5H8N2O2. The third-order valence-electron chi connectivity index (χ3n) is 0.567. The van der Waals surface area contributed by atoms with Gasteiger partial charge in [-0.15, -0.1) is 0 Å². The molecule has 9 heavy (non-hydrogen) atoms. The van der Waals surface area contributed by atoms with Crippen LogP contribution in [0, 0.1) is 5.41 Å². The fraction of sp³-hybridized carbons (Fsp3) is 0.200. The molecule has 0 saturated heterocycles. The normalized spacial score (nSPS) is 8.11. The van der Waals surface area contributed by atoms with Gasteiger partial charge in [-0.1, -0.05) is 6.58 Å². The summed E-state index contributed by atoms with van der Waals surface area (Å²) in [5.41, 5.74) is 4.89. The van der Waals surface area contributed by atoms with Gasteiger partial charge in [0, 0.05) is 6.92 Å². The third-order valence-corrected chi connectivity index (χ3v) is 0.567. The van der Waals surface area contributed by atoms with E-state index >= 15 is 0 Å². The quantitative estimate of drug-likeness (QED) is 0.238. The standard InChI is InChI=1S/C5H8N2O2/c1-3(5(6)7)9-4(2)8/h1H2,2H3,(H3,6,7). The number of nitrogens with one attached hydrogen (secondary N) is 1. The number of rotatable bonds is 2. The van der Waals surface area contributed by atoms with E-state index in [1.807, 2.05) is 0 Å². The topological polar surface area (TPSA) is 76.2 Å². The Kier molecular flexibility index (Phi) is 2.44. The fourth-order valence-corrected chi connectivity index (χ4v) is 0.228. The Bertz CT molecular complexity index is 162. The fourth-order valence-electron chi connectivity index (χ4n) is 0.228. The molecule has 0 heterocycles. The molecule has 0 bridgehead atoms. The summed E-state index contributed by atoms with van der Waals surface area (Å²) in [6.45, 7) is 4.42. The summed E-state index contributed by atoms with van der Waals surface area (Å²) in [4.78, 5) is 10.1. The summed E-state index contributed by atoms with van der Waals surface area (Å²) in [5, 5.41) is 6.69. The Morgan fingerprint density at radius 3 is 2.33 bits per heavy atom. The van der Waals surface area contributed by atoms with E-state index in [2.05, 4.69) is 11.3 Å². The van der Waals surface area contributed by atoms with E-state index in [0.29, 0.717) is 0 Å². The molecule has 0 aromatic rings. The molecule has 0 aromatic carbocycles. The van der Waals surface area contributed by atoms with E-state index in [0.717, 1.165) is 0 Å². The van der Waals surface area contributed by atoms with Gasteiger partial charge in [-0.3, -0.25) is 10.2 Å². The highest BCUT2D eigenvalue weighted by atomic mass is 16.5. The van der Waals surface area contributed by atoms with Gasteiger partial charge in [0.1, 0.15) is 0 Å². The van der Waals surface area contributed by atoms with Crippen LogP contribution >= 0.6 is 0 Å². The van der Waals surface area contributed by atoms with Crippen LogP contribution in [0.2, 0.25) is 0 Å². The van der Waals surface area contributed by atoms with Crippen molar-refractivity contribution < 1.29 is 9.53 Å². The SMILES string of the molecule is C=C(OC(C)=O)C(=N)N. The van der Waals surface area contributed by atoms with Gasteiger partial charge in [-0.05, 0) is 0 Å². The Morgan fingerprint density at radius 2 is 2.22 bits per heavy atom. The molecule has 0 rings (SSSR count). The molecule has 0 atom stereocenters. The van der Waals surface area contributed by atoms with Crippen molar-refractivity contribution in [2.75, 3.05) is 0 Å². The zero-order valence-electron chi connectivity index (χ0n) is 5.10. The van der Waals surface area contributed by atoms with Gasteiger partial charge in [-0.2, -0.15) is 0 Å². The number of carbonyl (C=O) groups excluding carboxylic acids is 1. The molecule has 0 aliphatic rings. The minimum absolute atomic E-state index is 0.109. The van der Waals surface area contributed by atoms with Crippen molar-refractivity contribution in [3.8, 4) is 0 Å². The average molecular weight is 128 g/mol. The third kappa shape index (κ3) is 3.28. The summed E-state index contributed by atoms with van der Waals surface area (Å²) in [6.07, 6.45) is 0. The molecule has 4 nitrogen and oxygen atoms in total. The maximum absolute atomic E-state index is 10.1. The van der Waals surface area contributed by atoms with Gasteiger partial charge in [0.2, 0.25) is 0 Å². The first-order valence-corrected chi connectivity index (χ1v) is 2.25. The van der Waals surface area contributed by atoms with Crippen molar-refractivity contribution in [3.05, 3.63) is 12.3 Å². The molecular weight excluding hydrogens is 120 g/mol. The molecule has 0 unspecified atom stereocenters. The van der Waals surface area contributed by atoms with E-state index in [4.69, 9.17) is 11.1 Å². The predicted molar refractivity (Wildman–Crippen MR) is 32.8 cm³/mol. The number of esters is 1. The van der Waals surface area contributed by atoms with E-state index in [1.165, 1.54) is 6.92 Å². The van der Waals surface area contributed by atoms with Crippen molar-refractivity contribution in [1.82, 2.24) is 0 Å². The maximum atomic E-state index is 10.1. The second-order valence-electron chi connectivity index (χ2n) is 1.43. The number of carbonyl (C=O) groups is 1. The van der Waals surface area contributed by atoms with Crippen molar-refractivity contribution >= 4 is 11.8 Å². The van der Waals surface area contributed by atoms with E-state index < -0.39 is 5.97 Å². The Labute approximate surface area is 52.8 Å². The number of nitrogens with two attached hydrogens (primary N) is 1. The molecule has 0 saturated carbocycles. The van der Waals surface area contributed by atoms with Crippen molar-refractivity contribution in [2.45, 2.75) is 6.92 Å². The highest BCUT2D eigenvalue weighted by Gasteiger charge is 1.99. The molecule has 0 aliphatic carbocycles. The van der Waals surface area contributed by atoms with Crippen LogP contribution < -0.4 is 5.73 Å². The van der Waals surface area contributed by atoms with Crippen molar-refractivity contribution in [3.63, 3.8) is 0 Å². The second-order valence-corrected chi connectivity index (χ2v) is 1.43. The first-order valence-electron chi connectivity index (χ1n) is 2.25. The number of amidine groups is 1. The first kappa shape index (κ1) is 7.68. The Hall–Kier alpha value is -1.32. The molecule has 0 spiro atoms. The van der Waals surface area contributed by atoms with Crippen LogP contribution in [0.15, 0.2) is 12.3 Å². The zero-order valence-corrected chi connectivity index (χ0v) is 5.10. The predicted octanol–water partition coefficient (Wildman–Crippen LogP) is -0.000830. The Balaban J connectivity index is 3.79. The van der Waals surface area contributed by atoms with Gasteiger partial charge in [0.15, 0.2) is 11.6 Å². The summed E-state index contributed by atoms with van der Waals surface area (Å²) < 4.78 is 4.33. The minimum atomic E-state index is -0.518. The lowest BCUT2D eigenvalue weighted by molar-refractivity contribution is -0.136. The van der Waals surface area contributed by atoms with Crippen LogP contribution in [0.1, 0.15) is 6.92 Å². The summed E-state index contributed by atoms with van der Waals surface area (Å²) in [5.74, 6) is -0.956. The average Bonchev–Trinajstić information content (AvgIpc) is 1.63. The molecule has 4 heteroatoms. The summed E-state index contributed by atoms with van der Waals surface area (Å²) >= 11 is 0. The van der Waals surface area contributed by atoms with Crippen molar-refractivity contribution in [1.29, 1.82) is 5.41 Å². The molecule has 0 aliphatic heterocycles. The van der Waals surface area contributed by atoms with Crippen molar-refractivity contribution in [2.24, 2.45) is 5.73 Å². The highest BCUT2D eigenvalue weighted by Crippen LogP contribution is 1.90. The molecule has 3 N–H and O–H groups in total. The zero-order chi connectivity index (χ0) is 7.44. The second kappa shape index (κ2) is 2.86. The van der Waals surface area contributed by atoms with Gasteiger partial charge >= 0.3 is 5.97 Å². The van der Waals surface area contributed by atoms with Crippen LogP contribution in [0.3, 0.4) is 0 Å². The van der Waals surface area contributed by atoms with Gasteiger partial charge in [0.25, 0.3) is 0 Å². The van der Waals surface area contributed by atoms with Gasteiger partial charge in [0.05, 0.1) is 0 Å². The highest BCUT2D eigenvalue weighted by molar-refractivity contribution is 5.93. The van der Waals surface area contributed by atoms with Crippen LogP contribution in [-0.4, -0.2) is 11.8 Å². The summed E-state index contributed by atoms with van der Waals surface area (Å²) in [6, 6.07) is 0. The maximum Gasteiger partial charge on any atom is 0.308 e. The largest absolute Gasteiger partial charge is 0.423 e. The van der Waals surface area contributed by atoms with E-state index in [9.17, 15) is 4.79 Å². The van der Waals surface area contributed by atoms with E-state index in [-0.39, 0.29) is 11.6 Å². The van der Waals surface area contributed by atoms with Crippen LogP contribution in [0.5, 0.6) is 0 Å². The van der Waals surface area contributed by atoms with Gasteiger partial charge < -0.3 is 10.5 Å². The van der Waals surface area contributed by atoms with Crippen LogP contribution in [-0.2, 0) is 9.53 Å². The Morgan fingerprint density at radius 1 is 1.78 bits per heavy atom. The molecule has 0 aromatic heterocycles. The lowest BCUT2D eigenvalue weighted by Crippen LogP contribution is -2.15. The number of hydrogen-bond donors (Lipinski definition) is 2. The molecule has 0 amide bonds. The molecule has 0 radical (unpaired) electrons. The molecule has 50 valence electrons. The number of ether oxygens (including phenoxy) is 1. The van der Waals surface area contributed by atoms with Gasteiger partial charge in [-0.25, -0.2) is 0 Å².